The van der Waals surface area contributed by atoms with E-state index in [1.54, 1.807) is 6.20 Å². The second-order valence-electron chi connectivity index (χ2n) is 6.86. The number of hydrogen-bond donors (Lipinski definition) is 1. The van der Waals surface area contributed by atoms with E-state index < -0.39 is 0 Å². The van der Waals surface area contributed by atoms with Crippen LogP contribution in [-0.2, 0) is 11.2 Å². The summed E-state index contributed by atoms with van der Waals surface area (Å²) in [5.74, 6) is 1.41. The van der Waals surface area contributed by atoms with Gasteiger partial charge in [-0.3, -0.25) is 4.79 Å². The van der Waals surface area contributed by atoms with Crippen LogP contribution in [0.25, 0.3) is 11.3 Å². The molecule has 4 rings (SSSR count). The van der Waals surface area contributed by atoms with E-state index in [0.717, 1.165) is 25.1 Å². The molecule has 2 aliphatic heterocycles. The summed E-state index contributed by atoms with van der Waals surface area (Å²) < 4.78 is 5.78. The summed E-state index contributed by atoms with van der Waals surface area (Å²) in [5.41, 5.74) is 0.823. The molecule has 2 fully saturated rings. The molecule has 1 N–H and O–H groups in total. The number of oxazole rings is 1. The zero-order valence-electron chi connectivity index (χ0n) is 14.9. The van der Waals surface area contributed by atoms with Crippen molar-refractivity contribution in [1.29, 1.82) is 0 Å². The quantitative estimate of drug-likeness (QED) is 0.789. The van der Waals surface area contributed by atoms with Crippen LogP contribution in [0.2, 0.25) is 5.02 Å². The molecule has 3 heterocycles. The maximum atomic E-state index is 12.5. The molecule has 1 aromatic carbocycles. The van der Waals surface area contributed by atoms with Crippen molar-refractivity contribution < 1.29 is 9.21 Å². The lowest BCUT2D eigenvalue weighted by atomic mass is 10.1. The summed E-state index contributed by atoms with van der Waals surface area (Å²) in [6, 6.07) is 8.57. The highest BCUT2D eigenvalue weighted by molar-refractivity contribution is 6.33. The van der Waals surface area contributed by atoms with E-state index in [-0.39, 0.29) is 30.7 Å². The molecule has 0 aliphatic carbocycles. The van der Waals surface area contributed by atoms with Crippen molar-refractivity contribution in [3.63, 3.8) is 0 Å². The normalized spacial score (nSPS) is 21.1. The molecule has 2 atom stereocenters. The number of nitrogens with one attached hydrogen (secondary N) is 1. The van der Waals surface area contributed by atoms with Gasteiger partial charge in [0.05, 0.1) is 11.2 Å². The fraction of sp³-hybridized carbons (Fsp3) is 0.474. The van der Waals surface area contributed by atoms with Gasteiger partial charge >= 0.3 is 0 Å². The molecule has 2 saturated heterocycles. The first-order valence-electron chi connectivity index (χ1n) is 8.92. The van der Waals surface area contributed by atoms with Crippen molar-refractivity contribution in [2.45, 2.75) is 44.2 Å². The average molecular weight is 433 g/mol. The fourth-order valence-electron chi connectivity index (χ4n) is 3.75. The van der Waals surface area contributed by atoms with Crippen LogP contribution in [0.3, 0.4) is 0 Å². The van der Waals surface area contributed by atoms with Crippen LogP contribution < -0.4 is 5.32 Å². The predicted octanol–water partition coefficient (Wildman–Crippen LogP) is 4.12. The number of nitrogens with zero attached hydrogens (tertiary/aromatic N) is 2. The highest BCUT2D eigenvalue weighted by Gasteiger charge is 2.30. The Morgan fingerprint density at radius 3 is 2.81 bits per heavy atom. The van der Waals surface area contributed by atoms with Crippen LogP contribution in [0.15, 0.2) is 34.9 Å². The Labute approximate surface area is 176 Å². The minimum Gasteiger partial charge on any atom is -0.441 e. The topological polar surface area (TPSA) is 58.4 Å². The zero-order valence-corrected chi connectivity index (χ0v) is 17.3. The number of fused-ring (bicyclic) bond motifs is 2. The molecule has 5 nitrogen and oxygen atoms in total. The highest BCUT2D eigenvalue weighted by atomic mass is 35.5. The fourth-order valence-corrected chi connectivity index (χ4v) is 3.98. The maximum absolute atomic E-state index is 12.5. The molecule has 2 unspecified atom stereocenters. The minimum atomic E-state index is 0. The molecule has 0 radical (unpaired) electrons. The van der Waals surface area contributed by atoms with Crippen molar-refractivity contribution >= 4 is 42.3 Å². The van der Waals surface area contributed by atoms with Gasteiger partial charge in [0.15, 0.2) is 11.7 Å². The van der Waals surface area contributed by atoms with Gasteiger partial charge < -0.3 is 14.6 Å². The minimum absolute atomic E-state index is 0. The van der Waals surface area contributed by atoms with E-state index in [1.165, 1.54) is 12.8 Å². The van der Waals surface area contributed by atoms with E-state index in [0.29, 0.717) is 41.6 Å². The molecule has 27 heavy (non-hydrogen) atoms. The van der Waals surface area contributed by atoms with E-state index in [1.807, 2.05) is 29.2 Å². The van der Waals surface area contributed by atoms with E-state index in [4.69, 9.17) is 16.0 Å². The zero-order chi connectivity index (χ0) is 17.2. The molecule has 2 aromatic rings. The van der Waals surface area contributed by atoms with Crippen molar-refractivity contribution in [2.75, 3.05) is 13.1 Å². The largest absolute Gasteiger partial charge is 0.441 e. The van der Waals surface area contributed by atoms with Crippen LogP contribution in [-0.4, -0.2) is 41.0 Å². The molecule has 1 amide bonds. The highest BCUT2D eigenvalue weighted by Crippen LogP contribution is 2.28. The number of halogens is 3. The summed E-state index contributed by atoms with van der Waals surface area (Å²) in [4.78, 5) is 18.8. The van der Waals surface area contributed by atoms with Gasteiger partial charge in [0.1, 0.15) is 0 Å². The Morgan fingerprint density at radius 2 is 2.00 bits per heavy atom. The molecule has 2 aliphatic rings. The van der Waals surface area contributed by atoms with Gasteiger partial charge in [0.25, 0.3) is 0 Å². The lowest BCUT2D eigenvalue weighted by molar-refractivity contribution is -0.131. The first-order valence-corrected chi connectivity index (χ1v) is 9.30. The number of rotatable bonds is 4. The van der Waals surface area contributed by atoms with E-state index in [2.05, 4.69) is 10.3 Å². The summed E-state index contributed by atoms with van der Waals surface area (Å²) in [6.45, 7) is 1.68. The SMILES string of the molecule is Cl.Cl.O=C(CCc1ncc(-c2ccccc2Cl)o1)N1CCC2CCC(C1)N2. The van der Waals surface area contributed by atoms with Crippen molar-refractivity contribution in [3.05, 3.63) is 41.4 Å². The Kier molecular flexibility index (Phi) is 7.98. The van der Waals surface area contributed by atoms with E-state index in [9.17, 15) is 4.79 Å². The van der Waals surface area contributed by atoms with Gasteiger partial charge in [0.2, 0.25) is 5.91 Å². The first-order chi connectivity index (χ1) is 12.2. The number of amides is 1. The van der Waals surface area contributed by atoms with Gasteiger partial charge in [-0.05, 0) is 31.4 Å². The first kappa shape index (κ1) is 22.0. The average Bonchev–Trinajstić information content (AvgIpc) is 3.19. The van der Waals surface area contributed by atoms with Crippen molar-refractivity contribution in [1.82, 2.24) is 15.2 Å². The van der Waals surface area contributed by atoms with E-state index >= 15 is 0 Å². The van der Waals surface area contributed by atoms with Crippen molar-refractivity contribution in [3.8, 4) is 11.3 Å². The van der Waals surface area contributed by atoms with Gasteiger partial charge in [-0.15, -0.1) is 24.8 Å². The molecule has 148 valence electrons. The molecule has 8 heteroatoms. The Morgan fingerprint density at radius 1 is 1.22 bits per heavy atom. The summed E-state index contributed by atoms with van der Waals surface area (Å²) in [5, 5.41) is 4.23. The number of likely N-dealkylation sites (tertiary alicyclic amines) is 1. The number of aryl methyl sites for hydroxylation is 1. The summed E-state index contributed by atoms with van der Waals surface area (Å²) in [6.07, 6.45) is 6.10. The maximum Gasteiger partial charge on any atom is 0.223 e. The summed E-state index contributed by atoms with van der Waals surface area (Å²) in [7, 11) is 0. The van der Waals surface area contributed by atoms with Crippen LogP contribution >= 0.6 is 36.4 Å². The predicted molar refractivity (Wildman–Crippen MR) is 111 cm³/mol. The Balaban J connectivity index is 0.00000131. The third kappa shape index (κ3) is 5.17. The van der Waals surface area contributed by atoms with Crippen LogP contribution in [0.1, 0.15) is 31.6 Å². The molecular weight excluding hydrogens is 409 g/mol. The number of carbonyl (C=O) groups excluding carboxylic acids is 1. The molecule has 1 aromatic heterocycles. The smallest absolute Gasteiger partial charge is 0.223 e. The Hall–Kier alpha value is -1.27. The standard InChI is InChI=1S/C19H22ClN3O2.2ClH/c20-16-4-2-1-3-15(16)17-11-21-18(25-17)7-8-19(24)23-10-9-13-5-6-14(12-23)22-13;;/h1-4,11,13-14,22H,5-10,12H2;2*1H. The molecule has 0 saturated carbocycles. The summed E-state index contributed by atoms with van der Waals surface area (Å²) >= 11 is 6.19. The number of hydrogen-bond acceptors (Lipinski definition) is 4. The van der Waals surface area contributed by atoms with Crippen LogP contribution in [0.5, 0.6) is 0 Å². The van der Waals surface area contributed by atoms with Crippen molar-refractivity contribution in [2.24, 2.45) is 0 Å². The van der Waals surface area contributed by atoms with Crippen LogP contribution in [0, 0.1) is 0 Å². The lowest BCUT2D eigenvalue weighted by Crippen LogP contribution is -2.39. The van der Waals surface area contributed by atoms with Gasteiger partial charge in [0, 0.05) is 43.6 Å². The lowest BCUT2D eigenvalue weighted by Gasteiger charge is -2.24. The molecular formula is C19H24Cl3N3O2. The van der Waals surface area contributed by atoms with Crippen LogP contribution in [0.4, 0.5) is 0 Å². The molecule has 2 bridgehead atoms. The van der Waals surface area contributed by atoms with Gasteiger partial charge in [-0.2, -0.15) is 0 Å². The number of benzene rings is 1. The van der Waals surface area contributed by atoms with Gasteiger partial charge in [-0.25, -0.2) is 4.98 Å². The third-order valence-corrected chi connectivity index (χ3v) is 5.45. The number of carbonyl (C=O) groups is 1. The monoisotopic (exact) mass is 431 g/mol. The number of aromatic nitrogens is 1. The second-order valence-corrected chi connectivity index (χ2v) is 7.27. The second kappa shape index (κ2) is 9.78. The Bertz CT molecular complexity index is 768. The van der Waals surface area contributed by atoms with Gasteiger partial charge in [-0.1, -0.05) is 23.7 Å². The molecule has 0 spiro atoms. The third-order valence-electron chi connectivity index (χ3n) is 5.12.